The summed E-state index contributed by atoms with van der Waals surface area (Å²) < 4.78 is 0.365. The predicted molar refractivity (Wildman–Crippen MR) is 115 cm³/mol. The van der Waals surface area contributed by atoms with Crippen LogP contribution in [0.3, 0.4) is 0 Å². The van der Waals surface area contributed by atoms with E-state index in [2.05, 4.69) is 29.6 Å². The number of carbonyl (C=O) groups is 2. The van der Waals surface area contributed by atoms with Crippen LogP contribution in [0.25, 0.3) is 10.8 Å². The fraction of sp³-hybridized carbons (Fsp3) is 0.333. The van der Waals surface area contributed by atoms with Crippen LogP contribution in [-0.4, -0.2) is 22.9 Å². The number of hydrogen-bond donors (Lipinski definition) is 2. The highest BCUT2D eigenvalue weighted by Gasteiger charge is 2.09. The number of carbonyl (C=O) groups excluding carboxylic acids is 1. The first kappa shape index (κ1) is 23.1. The summed E-state index contributed by atoms with van der Waals surface area (Å²) in [6.45, 7) is 5.55. The molecule has 0 fully saturated rings. The summed E-state index contributed by atoms with van der Waals surface area (Å²) in [7, 11) is 0. The van der Waals surface area contributed by atoms with E-state index in [1.54, 1.807) is 6.92 Å². The van der Waals surface area contributed by atoms with E-state index in [1.807, 2.05) is 32.0 Å². The van der Waals surface area contributed by atoms with Gasteiger partial charge in [-0.3, -0.25) is 9.59 Å². The van der Waals surface area contributed by atoms with Gasteiger partial charge in [0.25, 0.3) is 0 Å². The van der Waals surface area contributed by atoms with E-state index in [0.717, 1.165) is 5.56 Å². The van der Waals surface area contributed by atoms with Gasteiger partial charge in [-0.25, -0.2) is 0 Å². The molecule has 2 N–H and O–H groups in total. The Labute approximate surface area is 170 Å². The van der Waals surface area contributed by atoms with Crippen molar-refractivity contribution in [2.24, 2.45) is 5.92 Å². The molecule has 0 radical (unpaired) electrons. The number of hydrogen-bond acceptors (Lipinski definition) is 3. The first-order valence-electron chi connectivity index (χ1n) is 8.93. The second-order valence-electron chi connectivity index (χ2n) is 5.67. The van der Waals surface area contributed by atoms with Gasteiger partial charge in [0, 0.05) is 6.42 Å². The molecule has 1 unspecified atom stereocenters. The lowest BCUT2D eigenvalue weighted by atomic mass is 10.0. The Morgan fingerprint density at radius 3 is 2.52 bits per heavy atom. The lowest BCUT2D eigenvalue weighted by Gasteiger charge is -2.06. The highest BCUT2D eigenvalue weighted by molar-refractivity contribution is 8.04. The maximum atomic E-state index is 11.9. The molecule has 1 atom stereocenters. The SMILES string of the molecule is CC.CC(/C=C(/Cl)SCNC(=O)CCc1ccc2ccccc2c1)C(=O)O. The van der Waals surface area contributed by atoms with Crippen molar-refractivity contribution in [2.75, 3.05) is 5.88 Å². The molecule has 2 aromatic rings. The van der Waals surface area contributed by atoms with Gasteiger partial charge in [0.2, 0.25) is 5.91 Å². The fourth-order valence-electron chi connectivity index (χ4n) is 2.24. The summed E-state index contributed by atoms with van der Waals surface area (Å²) >= 11 is 7.15. The maximum Gasteiger partial charge on any atom is 0.310 e. The van der Waals surface area contributed by atoms with Crippen LogP contribution in [-0.2, 0) is 16.0 Å². The maximum absolute atomic E-state index is 11.9. The number of aliphatic carboxylic acids is 1. The van der Waals surface area contributed by atoms with Gasteiger partial charge in [0.05, 0.1) is 16.2 Å². The van der Waals surface area contributed by atoms with Crippen LogP contribution in [0.1, 0.15) is 32.8 Å². The van der Waals surface area contributed by atoms with Crippen molar-refractivity contribution in [3.63, 3.8) is 0 Å². The molecule has 1 amide bonds. The van der Waals surface area contributed by atoms with Crippen LogP contribution in [0.4, 0.5) is 0 Å². The molecular formula is C21H26ClNO3S. The normalized spacial score (nSPS) is 12.1. The van der Waals surface area contributed by atoms with Gasteiger partial charge in [0.15, 0.2) is 0 Å². The van der Waals surface area contributed by atoms with Gasteiger partial charge in [-0.2, -0.15) is 0 Å². The number of carboxylic acids is 1. The van der Waals surface area contributed by atoms with Crippen molar-refractivity contribution in [1.82, 2.24) is 5.32 Å². The molecule has 0 saturated carbocycles. The first-order chi connectivity index (χ1) is 13.0. The molecule has 0 aliphatic rings. The smallest absolute Gasteiger partial charge is 0.310 e. The highest BCUT2D eigenvalue weighted by atomic mass is 35.5. The minimum absolute atomic E-state index is 0.0589. The van der Waals surface area contributed by atoms with Crippen molar-refractivity contribution in [2.45, 2.75) is 33.6 Å². The second-order valence-corrected chi connectivity index (χ2v) is 7.32. The summed E-state index contributed by atoms with van der Waals surface area (Å²) in [6.07, 6.45) is 2.52. The van der Waals surface area contributed by atoms with Crippen LogP contribution in [0.5, 0.6) is 0 Å². The molecular weight excluding hydrogens is 382 g/mol. The number of aryl methyl sites for hydroxylation is 1. The largest absolute Gasteiger partial charge is 0.481 e. The zero-order valence-corrected chi connectivity index (χ0v) is 17.4. The predicted octanol–water partition coefficient (Wildman–Crippen LogP) is 5.41. The van der Waals surface area contributed by atoms with Crippen molar-refractivity contribution in [3.05, 3.63) is 58.5 Å². The minimum Gasteiger partial charge on any atom is -0.481 e. The topological polar surface area (TPSA) is 66.4 Å². The molecule has 0 aliphatic carbocycles. The molecule has 6 heteroatoms. The Hall–Kier alpha value is -1.98. The number of benzene rings is 2. The number of carboxylic acid groups (broad SMARTS) is 1. The fourth-order valence-corrected chi connectivity index (χ4v) is 3.27. The number of halogens is 1. The van der Waals surface area contributed by atoms with Gasteiger partial charge in [-0.1, -0.05) is 79.7 Å². The summed E-state index contributed by atoms with van der Waals surface area (Å²) in [5, 5.41) is 13.9. The van der Waals surface area contributed by atoms with Gasteiger partial charge in [-0.05, 0) is 35.8 Å². The zero-order chi connectivity index (χ0) is 20.2. The van der Waals surface area contributed by atoms with Crippen LogP contribution in [0.2, 0.25) is 0 Å². The van der Waals surface area contributed by atoms with Crippen LogP contribution < -0.4 is 5.32 Å². The van der Waals surface area contributed by atoms with Gasteiger partial charge in [-0.15, -0.1) is 0 Å². The third kappa shape index (κ3) is 8.50. The van der Waals surface area contributed by atoms with E-state index >= 15 is 0 Å². The molecule has 27 heavy (non-hydrogen) atoms. The summed E-state index contributed by atoms with van der Waals surface area (Å²) in [5.74, 6) is -1.32. The third-order valence-corrected chi connectivity index (χ3v) is 4.86. The van der Waals surface area contributed by atoms with Crippen LogP contribution in [0.15, 0.2) is 52.9 Å². The first-order valence-corrected chi connectivity index (χ1v) is 10.3. The molecule has 4 nitrogen and oxygen atoms in total. The Morgan fingerprint density at radius 2 is 1.85 bits per heavy atom. The average Bonchev–Trinajstić information content (AvgIpc) is 2.67. The molecule has 2 rings (SSSR count). The van der Waals surface area contributed by atoms with Crippen molar-refractivity contribution in [1.29, 1.82) is 0 Å². The Balaban J connectivity index is 0.00000176. The number of amides is 1. The van der Waals surface area contributed by atoms with Gasteiger partial charge in [0.1, 0.15) is 0 Å². The van der Waals surface area contributed by atoms with Crippen molar-refractivity contribution >= 4 is 46.0 Å². The molecule has 146 valence electrons. The van der Waals surface area contributed by atoms with Crippen molar-refractivity contribution < 1.29 is 14.7 Å². The lowest BCUT2D eigenvalue weighted by Crippen LogP contribution is -2.22. The van der Waals surface area contributed by atoms with E-state index in [0.29, 0.717) is 23.1 Å². The summed E-state index contributed by atoms with van der Waals surface area (Å²) in [5.41, 5.74) is 1.12. The van der Waals surface area contributed by atoms with Crippen molar-refractivity contribution in [3.8, 4) is 0 Å². The quantitative estimate of drug-likeness (QED) is 0.574. The van der Waals surface area contributed by atoms with E-state index < -0.39 is 11.9 Å². The number of rotatable bonds is 8. The number of nitrogens with one attached hydrogen (secondary N) is 1. The zero-order valence-electron chi connectivity index (χ0n) is 15.9. The summed E-state index contributed by atoms with van der Waals surface area (Å²) in [6, 6.07) is 14.3. The standard InChI is InChI=1S/C19H20ClNO3S.C2H6/c1-13(19(23)24)10-17(20)25-12-21-18(22)9-7-14-6-8-15-4-2-3-5-16(15)11-14;1-2/h2-6,8,10-11,13H,7,9,12H2,1H3,(H,21,22)(H,23,24);1-2H3/b17-10-;. The van der Waals surface area contributed by atoms with Gasteiger partial charge < -0.3 is 10.4 Å². The molecule has 0 aliphatic heterocycles. The van der Waals surface area contributed by atoms with E-state index in [9.17, 15) is 9.59 Å². The molecule has 0 heterocycles. The number of thioether (sulfide) groups is 1. The number of fused-ring (bicyclic) bond motifs is 1. The molecule has 2 aromatic carbocycles. The molecule has 0 saturated heterocycles. The summed E-state index contributed by atoms with van der Waals surface area (Å²) in [4.78, 5) is 22.6. The average molecular weight is 408 g/mol. The van der Waals surface area contributed by atoms with E-state index in [4.69, 9.17) is 16.7 Å². The monoisotopic (exact) mass is 407 g/mol. The van der Waals surface area contributed by atoms with Crippen LogP contribution >= 0.6 is 23.4 Å². The second kappa shape index (κ2) is 12.4. The van der Waals surface area contributed by atoms with E-state index in [-0.39, 0.29) is 5.91 Å². The Morgan fingerprint density at radius 1 is 1.19 bits per heavy atom. The molecule has 0 bridgehead atoms. The molecule has 0 spiro atoms. The Bertz CT molecular complexity index is 792. The minimum atomic E-state index is -0.932. The van der Waals surface area contributed by atoms with Gasteiger partial charge >= 0.3 is 5.97 Å². The highest BCUT2D eigenvalue weighted by Crippen LogP contribution is 2.21. The third-order valence-electron chi connectivity index (χ3n) is 3.70. The lowest BCUT2D eigenvalue weighted by molar-refractivity contribution is -0.139. The van der Waals surface area contributed by atoms with Crippen LogP contribution in [0, 0.1) is 5.92 Å². The molecule has 0 aromatic heterocycles. The Kier molecular flexibility index (Phi) is 10.6. The van der Waals surface area contributed by atoms with E-state index in [1.165, 1.54) is 28.6 Å².